The van der Waals surface area contributed by atoms with Crippen LogP contribution < -0.4 is 4.90 Å². The van der Waals surface area contributed by atoms with E-state index in [9.17, 15) is 4.21 Å². The van der Waals surface area contributed by atoms with Gasteiger partial charge in [-0.1, -0.05) is 0 Å². The van der Waals surface area contributed by atoms with Crippen LogP contribution >= 0.6 is 0 Å². The lowest BCUT2D eigenvalue weighted by molar-refractivity contribution is 0.0985. The molecule has 28 heavy (non-hydrogen) atoms. The second-order valence-corrected chi connectivity index (χ2v) is 9.89. The van der Waals surface area contributed by atoms with Crippen LogP contribution in [0.5, 0.6) is 0 Å². The number of nitrogens with zero attached hydrogens (tertiary/aromatic N) is 5. The summed E-state index contributed by atoms with van der Waals surface area (Å²) in [4.78, 5) is 19.3. The molecule has 1 aliphatic rings. The number of fused-ring (bicyclic) bond motifs is 1. The minimum atomic E-state index is -2.35. The van der Waals surface area contributed by atoms with Gasteiger partial charge in [0.05, 0.1) is 19.3 Å². The van der Waals surface area contributed by atoms with E-state index < -0.39 is 9.73 Å². The van der Waals surface area contributed by atoms with Crippen LogP contribution in [-0.2, 0) is 14.5 Å². The van der Waals surface area contributed by atoms with Gasteiger partial charge in [0.1, 0.15) is 11.5 Å². The molecule has 1 fully saturated rings. The third-order valence-electron chi connectivity index (χ3n) is 4.57. The van der Waals surface area contributed by atoms with Crippen molar-refractivity contribution in [2.45, 2.75) is 19.9 Å². The number of ether oxygens (including phenoxy) is 1. The molecule has 1 N–H and O–H groups in total. The highest BCUT2D eigenvalue weighted by Gasteiger charge is 2.22. The quantitative estimate of drug-likeness (QED) is 0.726. The number of nitrogens with one attached hydrogen (secondary N) is 1. The van der Waals surface area contributed by atoms with E-state index in [1.165, 1.54) is 0 Å². The molecule has 3 aromatic rings. The number of rotatable bonds is 3. The molecule has 0 amide bonds. The predicted molar refractivity (Wildman–Crippen MR) is 112 cm³/mol. The summed E-state index contributed by atoms with van der Waals surface area (Å²) in [6, 6.07) is 5.92. The van der Waals surface area contributed by atoms with Gasteiger partial charge in [-0.05, 0) is 26.0 Å². The maximum atomic E-state index is 12.3. The number of morpholine rings is 1. The molecule has 1 saturated heterocycles. The summed E-state index contributed by atoms with van der Waals surface area (Å²) in [5.74, 6) is 1.74. The Kier molecular flexibility index (Phi) is 4.80. The van der Waals surface area contributed by atoms with Crippen LogP contribution in [0.3, 0.4) is 0 Å². The summed E-state index contributed by atoms with van der Waals surface area (Å²) in [6.45, 7) is 6.06. The maximum absolute atomic E-state index is 12.3. The molecule has 0 saturated carbocycles. The molecule has 0 bridgehead atoms. The van der Waals surface area contributed by atoms with Crippen molar-refractivity contribution in [3.8, 4) is 11.4 Å². The third-order valence-corrected chi connectivity index (χ3v) is 5.20. The average Bonchev–Trinajstić information content (AvgIpc) is 3.08. The Hall–Kier alpha value is -2.52. The Morgan fingerprint density at radius 3 is 2.86 bits per heavy atom. The molecule has 0 aromatic carbocycles. The summed E-state index contributed by atoms with van der Waals surface area (Å²) in [7, 11) is -2.35. The first-order valence-corrected chi connectivity index (χ1v) is 11.5. The Bertz CT molecular complexity index is 1140. The highest BCUT2D eigenvalue weighted by atomic mass is 32.2. The SMILES string of the molecule is Cc1cc(-c2nc(N=S(C)(C)=O)cc(N3CCOC[C@H]3C)n2)c2cc[nH]c2n1. The standard InChI is InChI=1S/C19H24N6O2S/c1-12-9-15(14-5-6-20-18(14)21-12)19-22-16(24-28(3,4)26)10-17(23-19)25-7-8-27-11-13(25)2/h5-6,9-10,13H,7-8,11H2,1-4H3,(H,20,21)/t13-/m1/s1. The molecule has 0 spiro atoms. The molecule has 148 valence electrons. The first-order chi connectivity index (χ1) is 13.3. The number of anilines is 1. The van der Waals surface area contributed by atoms with Crippen LogP contribution in [0.4, 0.5) is 11.6 Å². The van der Waals surface area contributed by atoms with Gasteiger partial charge >= 0.3 is 0 Å². The van der Waals surface area contributed by atoms with E-state index in [0.29, 0.717) is 24.9 Å². The van der Waals surface area contributed by atoms with Gasteiger partial charge in [-0.15, -0.1) is 0 Å². The van der Waals surface area contributed by atoms with Crippen molar-refractivity contribution in [2.75, 3.05) is 37.2 Å². The smallest absolute Gasteiger partial charge is 0.167 e. The lowest BCUT2D eigenvalue weighted by Crippen LogP contribution is -2.44. The van der Waals surface area contributed by atoms with Crippen molar-refractivity contribution < 1.29 is 8.95 Å². The van der Waals surface area contributed by atoms with Gasteiger partial charge in [0.2, 0.25) is 0 Å². The zero-order valence-electron chi connectivity index (χ0n) is 16.5. The van der Waals surface area contributed by atoms with Crippen LogP contribution in [0.1, 0.15) is 12.6 Å². The fourth-order valence-electron chi connectivity index (χ4n) is 3.38. The van der Waals surface area contributed by atoms with E-state index in [2.05, 4.69) is 31.1 Å². The Balaban J connectivity index is 1.93. The highest BCUT2D eigenvalue weighted by Crippen LogP contribution is 2.30. The van der Waals surface area contributed by atoms with Crippen LogP contribution in [-0.4, -0.2) is 62.5 Å². The maximum Gasteiger partial charge on any atom is 0.167 e. The van der Waals surface area contributed by atoms with Crippen molar-refractivity contribution >= 4 is 32.4 Å². The minimum absolute atomic E-state index is 0.184. The van der Waals surface area contributed by atoms with Crippen LogP contribution in [0.15, 0.2) is 28.8 Å². The number of hydrogen-bond donors (Lipinski definition) is 1. The van der Waals surface area contributed by atoms with Gasteiger partial charge in [0.15, 0.2) is 11.6 Å². The second kappa shape index (κ2) is 7.14. The summed E-state index contributed by atoms with van der Waals surface area (Å²) < 4.78 is 22.2. The molecule has 0 radical (unpaired) electrons. The van der Waals surface area contributed by atoms with Gasteiger partial charge in [-0.25, -0.2) is 19.2 Å². The van der Waals surface area contributed by atoms with E-state index in [0.717, 1.165) is 34.7 Å². The Labute approximate surface area is 164 Å². The van der Waals surface area contributed by atoms with E-state index >= 15 is 0 Å². The second-order valence-electron chi connectivity index (χ2n) is 7.35. The number of aromatic nitrogens is 4. The first-order valence-electron chi connectivity index (χ1n) is 9.16. The molecule has 1 atom stereocenters. The van der Waals surface area contributed by atoms with E-state index in [-0.39, 0.29) is 6.04 Å². The summed E-state index contributed by atoms with van der Waals surface area (Å²) in [5, 5.41) is 0.942. The molecular weight excluding hydrogens is 376 g/mol. The largest absolute Gasteiger partial charge is 0.377 e. The first kappa shape index (κ1) is 18.8. The fraction of sp³-hybridized carbons (Fsp3) is 0.421. The molecule has 0 unspecified atom stereocenters. The van der Waals surface area contributed by atoms with Gasteiger partial charge in [-0.2, -0.15) is 4.36 Å². The Morgan fingerprint density at radius 1 is 1.29 bits per heavy atom. The monoisotopic (exact) mass is 400 g/mol. The zero-order valence-corrected chi connectivity index (χ0v) is 17.3. The number of H-pyrrole nitrogens is 1. The number of aromatic amines is 1. The van der Waals surface area contributed by atoms with Crippen LogP contribution in [0.25, 0.3) is 22.4 Å². The van der Waals surface area contributed by atoms with Crippen molar-refractivity contribution in [1.82, 2.24) is 19.9 Å². The fourth-order valence-corrected chi connectivity index (χ4v) is 3.92. The Morgan fingerprint density at radius 2 is 2.11 bits per heavy atom. The predicted octanol–water partition coefficient (Wildman–Crippen LogP) is 2.91. The lowest BCUT2D eigenvalue weighted by atomic mass is 10.1. The van der Waals surface area contributed by atoms with E-state index in [1.54, 1.807) is 18.6 Å². The molecule has 4 heterocycles. The number of aryl methyl sites for hydroxylation is 1. The zero-order chi connectivity index (χ0) is 19.9. The van der Waals surface area contributed by atoms with Crippen molar-refractivity contribution in [2.24, 2.45) is 4.36 Å². The van der Waals surface area contributed by atoms with Crippen molar-refractivity contribution in [1.29, 1.82) is 0 Å². The molecule has 3 aromatic heterocycles. The van der Waals surface area contributed by atoms with Crippen molar-refractivity contribution in [3.63, 3.8) is 0 Å². The van der Waals surface area contributed by atoms with E-state index in [4.69, 9.17) is 9.72 Å². The minimum Gasteiger partial charge on any atom is -0.377 e. The molecular formula is C19H24N6O2S. The number of pyridine rings is 1. The van der Waals surface area contributed by atoms with Gasteiger partial charge < -0.3 is 14.6 Å². The molecule has 4 rings (SSSR count). The van der Waals surface area contributed by atoms with Gasteiger partial charge in [0.25, 0.3) is 0 Å². The van der Waals surface area contributed by atoms with Gasteiger partial charge in [0, 0.05) is 57.7 Å². The molecule has 1 aliphatic heterocycles. The summed E-state index contributed by atoms with van der Waals surface area (Å²) in [6.07, 6.45) is 5.06. The van der Waals surface area contributed by atoms with Crippen LogP contribution in [0, 0.1) is 6.92 Å². The van der Waals surface area contributed by atoms with Crippen molar-refractivity contribution in [3.05, 3.63) is 30.1 Å². The summed E-state index contributed by atoms with van der Waals surface area (Å²) >= 11 is 0. The average molecular weight is 401 g/mol. The normalized spacial score (nSPS) is 17.9. The molecule has 9 heteroatoms. The third kappa shape index (κ3) is 3.85. The topological polar surface area (TPSA) is 96.4 Å². The number of hydrogen-bond acceptors (Lipinski definition) is 7. The molecule has 8 nitrogen and oxygen atoms in total. The van der Waals surface area contributed by atoms with E-state index in [1.807, 2.05) is 25.3 Å². The molecule has 0 aliphatic carbocycles. The summed E-state index contributed by atoms with van der Waals surface area (Å²) in [5.41, 5.74) is 2.53. The highest BCUT2D eigenvalue weighted by molar-refractivity contribution is 7.92. The lowest BCUT2D eigenvalue weighted by Gasteiger charge is -2.34. The van der Waals surface area contributed by atoms with Gasteiger partial charge in [-0.3, -0.25) is 0 Å². The van der Waals surface area contributed by atoms with Crippen LogP contribution in [0.2, 0.25) is 0 Å².